The van der Waals surface area contributed by atoms with Crippen molar-refractivity contribution >= 4 is 17.0 Å². The molecular weight excluding hydrogens is 178 g/mol. The van der Waals surface area contributed by atoms with Crippen LogP contribution < -0.4 is 5.32 Å². The fraction of sp³-hybridized carbons (Fsp3) is 0.444. The Morgan fingerprint density at radius 1 is 1.43 bits per heavy atom. The van der Waals surface area contributed by atoms with Gasteiger partial charge in [-0.3, -0.25) is 0 Å². The highest BCUT2D eigenvalue weighted by Crippen LogP contribution is 2.15. The molecule has 0 saturated heterocycles. The van der Waals surface area contributed by atoms with Gasteiger partial charge in [-0.2, -0.15) is 0 Å². The van der Waals surface area contributed by atoms with Crippen LogP contribution in [0.3, 0.4) is 0 Å². The highest BCUT2D eigenvalue weighted by Gasteiger charge is 2.06. The fourth-order valence-electron chi connectivity index (χ4n) is 1.21. The summed E-state index contributed by atoms with van der Waals surface area (Å²) in [6.45, 7) is 4.24. The summed E-state index contributed by atoms with van der Waals surface area (Å²) < 4.78 is 0. The first-order valence-corrected chi connectivity index (χ1v) is 4.72. The van der Waals surface area contributed by atoms with Crippen molar-refractivity contribution < 1.29 is 0 Å². The Balaban J connectivity index is 2.36. The Morgan fingerprint density at radius 2 is 2.29 bits per heavy atom. The van der Waals surface area contributed by atoms with Gasteiger partial charge in [-0.15, -0.1) is 0 Å². The molecule has 14 heavy (non-hydrogen) atoms. The van der Waals surface area contributed by atoms with Gasteiger partial charge in [0, 0.05) is 6.04 Å². The minimum absolute atomic E-state index is 0.399. The summed E-state index contributed by atoms with van der Waals surface area (Å²) in [5.74, 6) is 0.821. The molecule has 2 N–H and O–H groups in total. The van der Waals surface area contributed by atoms with Crippen LogP contribution in [0.25, 0.3) is 11.2 Å². The van der Waals surface area contributed by atoms with Crippen LogP contribution >= 0.6 is 0 Å². The van der Waals surface area contributed by atoms with Crippen LogP contribution in [0.15, 0.2) is 12.7 Å². The van der Waals surface area contributed by atoms with E-state index in [2.05, 4.69) is 39.1 Å². The molecular formula is C9H13N5. The molecule has 0 aliphatic heterocycles. The van der Waals surface area contributed by atoms with Crippen molar-refractivity contribution in [3.63, 3.8) is 0 Å². The molecule has 2 rings (SSSR count). The number of hydrogen-bond acceptors (Lipinski definition) is 4. The molecule has 5 nitrogen and oxygen atoms in total. The zero-order valence-electron chi connectivity index (χ0n) is 8.28. The summed E-state index contributed by atoms with van der Waals surface area (Å²) in [5, 5.41) is 3.30. The molecule has 0 aromatic carbocycles. The molecule has 0 spiro atoms. The zero-order valence-corrected chi connectivity index (χ0v) is 8.28. The first-order chi connectivity index (χ1) is 6.81. The normalized spacial score (nSPS) is 13.0. The number of imidazole rings is 1. The molecule has 0 aliphatic carbocycles. The number of H-pyrrole nitrogens is 1. The third-order valence-electron chi connectivity index (χ3n) is 2.22. The largest absolute Gasteiger partial charge is 0.366 e. The van der Waals surface area contributed by atoms with E-state index in [0.29, 0.717) is 11.7 Å². The van der Waals surface area contributed by atoms with E-state index in [9.17, 15) is 0 Å². The number of aromatic amines is 1. The van der Waals surface area contributed by atoms with Crippen molar-refractivity contribution in [2.75, 3.05) is 5.32 Å². The maximum absolute atomic E-state index is 4.17. The molecule has 0 unspecified atom stereocenters. The van der Waals surface area contributed by atoms with Gasteiger partial charge in [-0.25, -0.2) is 15.0 Å². The number of fused-ring (bicyclic) bond motifs is 1. The monoisotopic (exact) mass is 191 g/mol. The minimum atomic E-state index is 0.399. The first-order valence-electron chi connectivity index (χ1n) is 4.72. The Kier molecular flexibility index (Phi) is 2.30. The lowest BCUT2D eigenvalue weighted by Gasteiger charge is -2.11. The van der Waals surface area contributed by atoms with Gasteiger partial charge in [0.05, 0.1) is 6.33 Å². The van der Waals surface area contributed by atoms with E-state index < -0.39 is 0 Å². The van der Waals surface area contributed by atoms with Crippen LogP contribution in [0.4, 0.5) is 5.82 Å². The van der Waals surface area contributed by atoms with E-state index >= 15 is 0 Å². The van der Waals surface area contributed by atoms with Crippen LogP contribution in [0.5, 0.6) is 0 Å². The number of nitrogens with zero attached hydrogens (tertiary/aromatic N) is 3. The second-order valence-corrected chi connectivity index (χ2v) is 3.28. The second kappa shape index (κ2) is 3.61. The summed E-state index contributed by atoms with van der Waals surface area (Å²) in [4.78, 5) is 15.3. The maximum atomic E-state index is 4.17. The Morgan fingerprint density at radius 3 is 3.07 bits per heavy atom. The molecule has 74 valence electrons. The van der Waals surface area contributed by atoms with Crippen molar-refractivity contribution in [3.05, 3.63) is 12.7 Å². The standard InChI is InChI=1S/C9H13N5/c1-3-6(2)14-9-7-8(11-4-10-7)12-5-13-9/h4-6H,3H2,1-2H3,(H2,10,11,12,13,14)/t6-/m1/s1. The van der Waals surface area contributed by atoms with Crippen molar-refractivity contribution in [1.82, 2.24) is 19.9 Å². The van der Waals surface area contributed by atoms with Crippen molar-refractivity contribution in [1.29, 1.82) is 0 Å². The highest BCUT2D eigenvalue weighted by atomic mass is 15.1. The summed E-state index contributed by atoms with van der Waals surface area (Å²) in [6.07, 6.45) is 4.20. The lowest BCUT2D eigenvalue weighted by Crippen LogP contribution is -2.14. The van der Waals surface area contributed by atoms with Gasteiger partial charge in [0.1, 0.15) is 11.8 Å². The molecule has 2 aromatic heterocycles. The van der Waals surface area contributed by atoms with Crippen molar-refractivity contribution in [2.24, 2.45) is 0 Å². The Hall–Kier alpha value is -1.65. The summed E-state index contributed by atoms with van der Waals surface area (Å²) in [6, 6.07) is 0.399. The van der Waals surface area contributed by atoms with Gasteiger partial charge in [-0.05, 0) is 13.3 Å². The van der Waals surface area contributed by atoms with Gasteiger partial charge in [0.15, 0.2) is 11.5 Å². The van der Waals surface area contributed by atoms with E-state index in [-0.39, 0.29) is 0 Å². The smallest absolute Gasteiger partial charge is 0.182 e. The molecule has 0 amide bonds. The van der Waals surface area contributed by atoms with Gasteiger partial charge in [0.2, 0.25) is 0 Å². The number of rotatable bonds is 3. The average Bonchev–Trinajstić information content (AvgIpc) is 2.66. The molecule has 0 bridgehead atoms. The third kappa shape index (κ3) is 1.53. The second-order valence-electron chi connectivity index (χ2n) is 3.28. The quantitative estimate of drug-likeness (QED) is 0.772. The topological polar surface area (TPSA) is 66.5 Å². The van der Waals surface area contributed by atoms with Crippen LogP contribution in [0, 0.1) is 0 Å². The number of aromatic nitrogens is 4. The van der Waals surface area contributed by atoms with Crippen LogP contribution in [0.2, 0.25) is 0 Å². The van der Waals surface area contributed by atoms with Gasteiger partial charge < -0.3 is 10.3 Å². The molecule has 0 radical (unpaired) electrons. The number of nitrogens with one attached hydrogen (secondary N) is 2. The zero-order chi connectivity index (χ0) is 9.97. The Bertz CT molecular complexity index is 422. The first kappa shape index (κ1) is 8.93. The molecule has 5 heteroatoms. The van der Waals surface area contributed by atoms with Crippen LogP contribution in [-0.2, 0) is 0 Å². The lowest BCUT2D eigenvalue weighted by atomic mass is 10.2. The SMILES string of the molecule is CC[C@@H](C)Nc1ncnc2nc[nH]c12. The predicted octanol–water partition coefficient (Wildman–Crippen LogP) is 1.56. The molecule has 2 aromatic rings. The summed E-state index contributed by atoms with van der Waals surface area (Å²) in [7, 11) is 0. The summed E-state index contributed by atoms with van der Waals surface area (Å²) >= 11 is 0. The van der Waals surface area contributed by atoms with E-state index in [0.717, 1.165) is 17.8 Å². The van der Waals surface area contributed by atoms with Crippen LogP contribution in [-0.4, -0.2) is 26.0 Å². The van der Waals surface area contributed by atoms with E-state index in [4.69, 9.17) is 0 Å². The van der Waals surface area contributed by atoms with E-state index in [1.54, 1.807) is 6.33 Å². The van der Waals surface area contributed by atoms with Crippen molar-refractivity contribution in [2.45, 2.75) is 26.3 Å². The van der Waals surface area contributed by atoms with Crippen molar-refractivity contribution in [3.8, 4) is 0 Å². The summed E-state index contributed by atoms with van der Waals surface area (Å²) in [5.41, 5.74) is 1.57. The molecule has 1 atom stereocenters. The minimum Gasteiger partial charge on any atom is -0.366 e. The van der Waals surface area contributed by atoms with Gasteiger partial charge >= 0.3 is 0 Å². The molecule has 2 heterocycles. The highest BCUT2D eigenvalue weighted by molar-refractivity contribution is 5.81. The fourth-order valence-corrected chi connectivity index (χ4v) is 1.21. The van der Waals surface area contributed by atoms with Gasteiger partial charge in [-0.1, -0.05) is 6.92 Å². The number of hydrogen-bond donors (Lipinski definition) is 2. The Labute approximate surface area is 82.0 Å². The average molecular weight is 191 g/mol. The third-order valence-corrected chi connectivity index (χ3v) is 2.22. The number of anilines is 1. The van der Waals surface area contributed by atoms with E-state index in [1.165, 1.54) is 6.33 Å². The van der Waals surface area contributed by atoms with Gasteiger partial charge in [0.25, 0.3) is 0 Å². The molecule has 0 fully saturated rings. The predicted molar refractivity (Wildman–Crippen MR) is 55.1 cm³/mol. The molecule has 0 aliphatic rings. The lowest BCUT2D eigenvalue weighted by molar-refractivity contribution is 0.760. The van der Waals surface area contributed by atoms with Crippen LogP contribution in [0.1, 0.15) is 20.3 Å². The van der Waals surface area contributed by atoms with E-state index in [1.807, 2.05) is 0 Å². The molecule has 0 saturated carbocycles. The maximum Gasteiger partial charge on any atom is 0.182 e.